The van der Waals surface area contributed by atoms with Crippen LogP contribution in [-0.2, 0) is 4.74 Å². The van der Waals surface area contributed by atoms with E-state index in [0.717, 1.165) is 25.7 Å². The predicted molar refractivity (Wildman–Crippen MR) is 92.4 cm³/mol. The van der Waals surface area contributed by atoms with Crippen LogP contribution in [0.4, 0.5) is 4.79 Å². The van der Waals surface area contributed by atoms with Gasteiger partial charge in [-0.25, -0.2) is 4.79 Å². The van der Waals surface area contributed by atoms with Gasteiger partial charge in [0.1, 0.15) is 5.60 Å². The van der Waals surface area contributed by atoms with Crippen LogP contribution in [0.5, 0.6) is 0 Å². The molecule has 4 unspecified atom stereocenters. The topological polar surface area (TPSA) is 70.6 Å². The van der Waals surface area contributed by atoms with Crippen molar-refractivity contribution in [2.75, 3.05) is 12.9 Å². The van der Waals surface area contributed by atoms with Gasteiger partial charge < -0.3 is 20.5 Å². The fraction of sp³-hybridized carbons (Fsp3) is 0.938. The number of hydrogen-bond acceptors (Lipinski definition) is 5. The van der Waals surface area contributed by atoms with Gasteiger partial charge in [0.25, 0.3) is 0 Å². The SMILES string of the molecule is CSC(CO)C(C)NC1CCCC(NC(=O)OC(C)(C)C)C1. The molecule has 1 fully saturated rings. The summed E-state index contributed by atoms with van der Waals surface area (Å²) < 4.78 is 5.32. The lowest BCUT2D eigenvalue weighted by atomic mass is 9.90. The third kappa shape index (κ3) is 7.20. The van der Waals surface area contributed by atoms with E-state index < -0.39 is 5.60 Å². The number of alkyl carbamates (subject to hydrolysis) is 1. The van der Waals surface area contributed by atoms with Crippen LogP contribution in [0.15, 0.2) is 0 Å². The third-order valence-corrected chi connectivity index (χ3v) is 5.10. The van der Waals surface area contributed by atoms with E-state index >= 15 is 0 Å². The van der Waals surface area contributed by atoms with Gasteiger partial charge in [-0.15, -0.1) is 0 Å². The zero-order valence-corrected chi connectivity index (χ0v) is 15.3. The number of thioether (sulfide) groups is 1. The Hall–Kier alpha value is -0.460. The number of aliphatic hydroxyl groups excluding tert-OH is 1. The molecule has 0 aromatic heterocycles. The lowest BCUT2D eigenvalue weighted by Crippen LogP contribution is -2.49. The lowest BCUT2D eigenvalue weighted by Gasteiger charge is -2.34. The second kappa shape index (κ2) is 8.99. The highest BCUT2D eigenvalue weighted by Crippen LogP contribution is 2.21. The van der Waals surface area contributed by atoms with Crippen molar-refractivity contribution in [3.05, 3.63) is 0 Å². The standard InChI is InChI=1S/C16H32N2O3S/c1-11(14(10-19)22-5)17-12-7-6-8-13(9-12)18-15(20)21-16(2,3)4/h11-14,17,19H,6-10H2,1-5H3,(H,18,20). The zero-order valence-electron chi connectivity index (χ0n) is 14.5. The molecular weight excluding hydrogens is 300 g/mol. The van der Waals surface area contributed by atoms with Crippen molar-refractivity contribution in [3.8, 4) is 0 Å². The summed E-state index contributed by atoms with van der Waals surface area (Å²) in [6.07, 6.45) is 5.81. The minimum absolute atomic E-state index is 0.162. The van der Waals surface area contributed by atoms with Gasteiger partial charge in [-0.3, -0.25) is 0 Å². The number of rotatable bonds is 6. The average Bonchev–Trinajstić information content (AvgIpc) is 2.38. The van der Waals surface area contributed by atoms with Gasteiger partial charge in [0, 0.05) is 23.4 Å². The summed E-state index contributed by atoms with van der Waals surface area (Å²) in [7, 11) is 0. The highest BCUT2D eigenvalue weighted by molar-refractivity contribution is 7.99. The fourth-order valence-electron chi connectivity index (χ4n) is 2.86. The maximum atomic E-state index is 11.9. The molecule has 1 aliphatic carbocycles. The summed E-state index contributed by atoms with van der Waals surface area (Å²) in [6.45, 7) is 7.91. The normalized spacial score (nSPS) is 25.4. The summed E-state index contributed by atoms with van der Waals surface area (Å²) in [5.41, 5.74) is -0.461. The van der Waals surface area contributed by atoms with Gasteiger partial charge in [0.15, 0.2) is 0 Å². The molecule has 1 rings (SSSR count). The third-order valence-electron chi connectivity index (χ3n) is 3.93. The molecule has 22 heavy (non-hydrogen) atoms. The monoisotopic (exact) mass is 332 g/mol. The zero-order chi connectivity index (χ0) is 16.8. The molecule has 0 aliphatic heterocycles. The largest absolute Gasteiger partial charge is 0.444 e. The highest BCUT2D eigenvalue weighted by atomic mass is 32.2. The van der Waals surface area contributed by atoms with Crippen molar-refractivity contribution in [3.63, 3.8) is 0 Å². The van der Waals surface area contributed by atoms with Crippen molar-refractivity contribution in [1.29, 1.82) is 0 Å². The Morgan fingerprint density at radius 3 is 2.55 bits per heavy atom. The Bertz CT molecular complexity index is 343. The highest BCUT2D eigenvalue weighted by Gasteiger charge is 2.27. The van der Waals surface area contributed by atoms with Gasteiger partial charge in [0.2, 0.25) is 0 Å². The number of aliphatic hydroxyl groups is 1. The first kappa shape index (κ1) is 19.6. The van der Waals surface area contributed by atoms with Crippen LogP contribution in [0.2, 0.25) is 0 Å². The molecule has 0 heterocycles. The minimum Gasteiger partial charge on any atom is -0.444 e. The Morgan fingerprint density at radius 1 is 1.36 bits per heavy atom. The summed E-state index contributed by atoms with van der Waals surface area (Å²) >= 11 is 1.68. The number of carbonyl (C=O) groups excluding carboxylic acids is 1. The minimum atomic E-state index is -0.461. The van der Waals surface area contributed by atoms with E-state index in [1.54, 1.807) is 11.8 Å². The van der Waals surface area contributed by atoms with Crippen molar-refractivity contribution in [1.82, 2.24) is 10.6 Å². The molecule has 1 aliphatic rings. The Kier molecular flexibility index (Phi) is 8.00. The van der Waals surface area contributed by atoms with Crippen LogP contribution in [0.25, 0.3) is 0 Å². The van der Waals surface area contributed by atoms with Crippen LogP contribution >= 0.6 is 11.8 Å². The maximum Gasteiger partial charge on any atom is 0.407 e. The molecule has 3 N–H and O–H groups in total. The molecule has 0 bridgehead atoms. The number of nitrogens with one attached hydrogen (secondary N) is 2. The van der Waals surface area contributed by atoms with Crippen molar-refractivity contribution >= 4 is 17.9 Å². The van der Waals surface area contributed by atoms with Crippen LogP contribution < -0.4 is 10.6 Å². The first-order chi connectivity index (χ1) is 10.2. The second-order valence-corrected chi connectivity index (χ2v) is 8.20. The maximum absolute atomic E-state index is 11.9. The lowest BCUT2D eigenvalue weighted by molar-refractivity contribution is 0.0488. The van der Waals surface area contributed by atoms with Crippen LogP contribution in [0, 0.1) is 0 Å². The second-order valence-electron chi connectivity index (χ2n) is 7.12. The molecule has 0 aromatic carbocycles. The first-order valence-electron chi connectivity index (χ1n) is 8.14. The van der Waals surface area contributed by atoms with Crippen molar-refractivity contribution in [2.24, 2.45) is 0 Å². The molecular formula is C16H32N2O3S. The van der Waals surface area contributed by atoms with E-state index in [4.69, 9.17) is 4.74 Å². The van der Waals surface area contributed by atoms with Crippen molar-refractivity contribution < 1.29 is 14.6 Å². The molecule has 6 heteroatoms. The number of amides is 1. The number of ether oxygens (including phenoxy) is 1. The van der Waals surface area contributed by atoms with Gasteiger partial charge in [-0.1, -0.05) is 0 Å². The smallest absolute Gasteiger partial charge is 0.407 e. The molecule has 0 aromatic rings. The average molecular weight is 333 g/mol. The first-order valence-corrected chi connectivity index (χ1v) is 9.43. The molecule has 4 atom stereocenters. The van der Waals surface area contributed by atoms with E-state index in [1.165, 1.54) is 0 Å². The van der Waals surface area contributed by atoms with E-state index in [0.29, 0.717) is 6.04 Å². The quantitative estimate of drug-likeness (QED) is 0.697. The van der Waals surface area contributed by atoms with Crippen LogP contribution in [0.1, 0.15) is 53.4 Å². The van der Waals surface area contributed by atoms with Gasteiger partial charge in [0.05, 0.1) is 6.61 Å². The summed E-state index contributed by atoms with van der Waals surface area (Å²) in [5.74, 6) is 0. The molecule has 1 saturated carbocycles. The van der Waals surface area contributed by atoms with E-state index in [-0.39, 0.29) is 30.0 Å². The Morgan fingerprint density at radius 2 is 2.00 bits per heavy atom. The molecule has 0 spiro atoms. The Balaban J connectivity index is 2.42. The molecule has 1 amide bonds. The van der Waals surface area contributed by atoms with Crippen molar-refractivity contribution in [2.45, 2.75) is 82.4 Å². The van der Waals surface area contributed by atoms with Gasteiger partial charge in [-0.05, 0) is 59.6 Å². The van der Waals surface area contributed by atoms with E-state index in [2.05, 4.69) is 17.6 Å². The van der Waals surface area contributed by atoms with E-state index in [1.807, 2.05) is 27.0 Å². The molecule has 5 nitrogen and oxygen atoms in total. The molecule has 0 saturated heterocycles. The number of hydrogen-bond donors (Lipinski definition) is 3. The van der Waals surface area contributed by atoms with Gasteiger partial charge in [-0.2, -0.15) is 11.8 Å². The van der Waals surface area contributed by atoms with Gasteiger partial charge >= 0.3 is 6.09 Å². The Labute approximate surface area is 138 Å². The summed E-state index contributed by atoms with van der Waals surface area (Å²) in [5, 5.41) is 16.2. The molecule has 0 radical (unpaired) electrons. The van der Waals surface area contributed by atoms with Crippen LogP contribution in [-0.4, -0.2) is 53.0 Å². The summed E-state index contributed by atoms with van der Waals surface area (Å²) in [4.78, 5) is 11.9. The number of carbonyl (C=O) groups is 1. The summed E-state index contributed by atoms with van der Waals surface area (Å²) in [6, 6.07) is 0.797. The van der Waals surface area contributed by atoms with Crippen LogP contribution in [0.3, 0.4) is 0 Å². The molecule has 130 valence electrons. The predicted octanol–water partition coefficient (Wildman–Crippen LogP) is 2.52. The fourth-order valence-corrected chi connectivity index (χ4v) is 3.50. The van der Waals surface area contributed by atoms with E-state index in [9.17, 15) is 9.90 Å².